The minimum Gasteiger partial charge on any atom is -0.345 e. The molecule has 160 valence electrons. The van der Waals surface area contributed by atoms with Gasteiger partial charge in [-0.15, -0.1) is 11.3 Å². The van der Waals surface area contributed by atoms with Crippen molar-refractivity contribution < 1.29 is 23.6 Å². The third-order valence-corrected chi connectivity index (χ3v) is 5.66. The zero-order valence-electron chi connectivity index (χ0n) is 17.0. The number of thiazole rings is 1. The number of nitrogens with one attached hydrogen (secondary N) is 2. The molecule has 1 saturated heterocycles. The van der Waals surface area contributed by atoms with Gasteiger partial charge in [0, 0.05) is 11.9 Å². The van der Waals surface area contributed by atoms with Crippen molar-refractivity contribution in [2.45, 2.75) is 58.7 Å². The van der Waals surface area contributed by atoms with Crippen molar-refractivity contribution >= 4 is 34.8 Å². The van der Waals surface area contributed by atoms with Crippen LogP contribution in [-0.4, -0.2) is 64.7 Å². The number of rotatable bonds is 8. The number of hydrogen-bond donors (Lipinski definition) is 2. The van der Waals surface area contributed by atoms with Gasteiger partial charge < -0.3 is 15.5 Å². The van der Waals surface area contributed by atoms with Crippen LogP contribution in [0.15, 0.2) is 5.38 Å². The highest BCUT2D eigenvalue weighted by atomic mass is 32.1. The van der Waals surface area contributed by atoms with Gasteiger partial charge in [0.1, 0.15) is 24.5 Å². The first-order valence-corrected chi connectivity index (χ1v) is 10.5. The quantitative estimate of drug-likeness (QED) is 0.650. The Bertz CT molecular complexity index is 782. The molecule has 1 fully saturated rings. The minimum atomic E-state index is -1.16. The average Bonchev–Trinajstić information content (AvgIpc) is 3.33. The second kappa shape index (κ2) is 9.91. The lowest BCUT2D eigenvalue weighted by Crippen LogP contribution is -2.56. The molecule has 0 spiro atoms. The van der Waals surface area contributed by atoms with E-state index in [2.05, 4.69) is 15.6 Å². The Morgan fingerprint density at radius 3 is 2.52 bits per heavy atom. The number of hydrogen-bond acceptors (Lipinski definition) is 6. The minimum absolute atomic E-state index is 0.206. The highest BCUT2D eigenvalue weighted by Crippen LogP contribution is 2.21. The number of aromatic nitrogens is 1. The van der Waals surface area contributed by atoms with E-state index < -0.39 is 42.4 Å². The Morgan fingerprint density at radius 1 is 1.28 bits per heavy atom. The molecule has 1 aliphatic heterocycles. The van der Waals surface area contributed by atoms with Gasteiger partial charge in [0.25, 0.3) is 5.91 Å². The highest BCUT2D eigenvalue weighted by molar-refractivity contribution is 7.09. The summed E-state index contributed by atoms with van der Waals surface area (Å²) >= 11 is 1.34. The van der Waals surface area contributed by atoms with Crippen LogP contribution in [0.4, 0.5) is 4.39 Å². The number of ketones is 1. The largest absolute Gasteiger partial charge is 0.345 e. The SMILES string of the molecule is Cc1nc(C(=O)NC(C(=O)N2CCC[C@H]2C(=O)N[C@@H](C)C(=O)CF)C(C)C)cs1. The normalized spacial score (nSPS) is 18.4. The van der Waals surface area contributed by atoms with E-state index in [1.165, 1.54) is 23.2 Å². The summed E-state index contributed by atoms with van der Waals surface area (Å²) in [5.41, 5.74) is 0.250. The van der Waals surface area contributed by atoms with Gasteiger partial charge in [-0.3, -0.25) is 19.2 Å². The second-order valence-electron chi connectivity index (χ2n) is 7.47. The maximum atomic E-state index is 13.1. The first-order chi connectivity index (χ1) is 13.6. The molecule has 0 aromatic carbocycles. The van der Waals surface area contributed by atoms with Crippen LogP contribution in [0.2, 0.25) is 0 Å². The van der Waals surface area contributed by atoms with Gasteiger partial charge in [-0.1, -0.05) is 13.8 Å². The Labute approximate surface area is 173 Å². The van der Waals surface area contributed by atoms with Crippen LogP contribution >= 0.6 is 11.3 Å². The molecule has 2 heterocycles. The molecule has 0 saturated carbocycles. The van der Waals surface area contributed by atoms with Crippen LogP contribution in [0.1, 0.15) is 49.1 Å². The van der Waals surface area contributed by atoms with Crippen molar-refractivity contribution in [2.75, 3.05) is 13.2 Å². The lowest BCUT2D eigenvalue weighted by Gasteiger charge is -2.30. The van der Waals surface area contributed by atoms with Crippen molar-refractivity contribution in [2.24, 2.45) is 5.92 Å². The van der Waals surface area contributed by atoms with E-state index in [0.29, 0.717) is 19.4 Å². The van der Waals surface area contributed by atoms with Gasteiger partial charge in [-0.25, -0.2) is 9.37 Å². The van der Waals surface area contributed by atoms with Gasteiger partial charge in [-0.05, 0) is 32.6 Å². The van der Waals surface area contributed by atoms with Crippen molar-refractivity contribution in [3.05, 3.63) is 16.1 Å². The number of alkyl halides is 1. The molecule has 0 bridgehead atoms. The Kier molecular flexibility index (Phi) is 7.83. The maximum Gasteiger partial charge on any atom is 0.271 e. The van der Waals surface area contributed by atoms with Gasteiger partial charge in [-0.2, -0.15) is 0 Å². The molecule has 0 aliphatic carbocycles. The van der Waals surface area contributed by atoms with E-state index >= 15 is 0 Å². The Hall–Kier alpha value is -2.36. The van der Waals surface area contributed by atoms with Crippen molar-refractivity contribution in [3.8, 4) is 0 Å². The number of Topliss-reactive ketones (excluding diaryl/α,β-unsaturated/α-hetero) is 1. The summed E-state index contributed by atoms with van der Waals surface area (Å²) in [6, 6.07) is -2.53. The predicted octanol–water partition coefficient (Wildman–Crippen LogP) is 1.24. The van der Waals surface area contributed by atoms with Gasteiger partial charge in [0.2, 0.25) is 11.8 Å². The van der Waals surface area contributed by atoms with Crippen LogP contribution in [0.25, 0.3) is 0 Å². The summed E-state index contributed by atoms with van der Waals surface area (Å²) in [4.78, 5) is 55.1. The molecule has 3 atom stereocenters. The first kappa shape index (κ1) is 22.9. The molecule has 1 unspecified atom stereocenters. The third kappa shape index (κ3) is 5.59. The average molecular weight is 427 g/mol. The number of likely N-dealkylation sites (tertiary alicyclic amines) is 1. The van der Waals surface area contributed by atoms with Crippen LogP contribution in [0.5, 0.6) is 0 Å². The molecule has 1 aliphatic rings. The number of carbonyl (C=O) groups excluding carboxylic acids is 4. The summed E-state index contributed by atoms with van der Waals surface area (Å²) in [6.45, 7) is 6.02. The smallest absolute Gasteiger partial charge is 0.271 e. The number of aryl methyl sites for hydroxylation is 1. The summed E-state index contributed by atoms with van der Waals surface area (Å²) in [5, 5.41) is 7.58. The molecule has 3 amide bonds. The first-order valence-electron chi connectivity index (χ1n) is 9.58. The zero-order valence-corrected chi connectivity index (χ0v) is 17.8. The number of nitrogens with zero attached hydrogens (tertiary/aromatic N) is 2. The number of carbonyl (C=O) groups is 4. The van der Waals surface area contributed by atoms with Crippen molar-refractivity contribution in [3.63, 3.8) is 0 Å². The summed E-state index contributed by atoms with van der Waals surface area (Å²) in [5.74, 6) is -2.22. The zero-order chi connectivity index (χ0) is 21.7. The fraction of sp³-hybridized carbons (Fsp3) is 0.632. The van der Waals surface area contributed by atoms with E-state index in [1.807, 2.05) is 13.8 Å². The molecule has 0 radical (unpaired) electrons. The molecular weight excluding hydrogens is 399 g/mol. The van der Waals surface area contributed by atoms with E-state index in [9.17, 15) is 23.6 Å². The van der Waals surface area contributed by atoms with E-state index in [4.69, 9.17) is 0 Å². The molecular formula is C19H27FN4O4S. The summed E-state index contributed by atoms with van der Waals surface area (Å²) in [6.07, 6.45) is 1.07. The lowest BCUT2D eigenvalue weighted by molar-refractivity contribution is -0.141. The molecule has 2 rings (SSSR count). The van der Waals surface area contributed by atoms with Crippen molar-refractivity contribution in [1.29, 1.82) is 0 Å². The Balaban J connectivity index is 2.10. The molecule has 1 aromatic rings. The topological polar surface area (TPSA) is 108 Å². The number of amides is 3. The number of halogens is 1. The van der Waals surface area contributed by atoms with E-state index in [-0.39, 0.29) is 17.5 Å². The second-order valence-corrected chi connectivity index (χ2v) is 8.53. The van der Waals surface area contributed by atoms with E-state index in [0.717, 1.165) is 5.01 Å². The van der Waals surface area contributed by atoms with Gasteiger partial charge in [0.15, 0.2) is 5.78 Å². The van der Waals surface area contributed by atoms with Crippen LogP contribution in [0.3, 0.4) is 0 Å². The fourth-order valence-electron chi connectivity index (χ4n) is 3.18. The summed E-state index contributed by atoms with van der Waals surface area (Å²) in [7, 11) is 0. The van der Waals surface area contributed by atoms with Crippen LogP contribution in [0, 0.1) is 12.8 Å². The molecule has 1 aromatic heterocycles. The van der Waals surface area contributed by atoms with Gasteiger partial charge >= 0.3 is 0 Å². The predicted molar refractivity (Wildman–Crippen MR) is 106 cm³/mol. The van der Waals surface area contributed by atoms with Crippen molar-refractivity contribution in [1.82, 2.24) is 20.5 Å². The Morgan fingerprint density at radius 2 is 1.97 bits per heavy atom. The molecule has 2 N–H and O–H groups in total. The molecule has 8 nitrogen and oxygen atoms in total. The maximum absolute atomic E-state index is 13.1. The lowest BCUT2D eigenvalue weighted by atomic mass is 10.0. The van der Waals surface area contributed by atoms with Crippen LogP contribution < -0.4 is 10.6 Å². The fourth-order valence-corrected chi connectivity index (χ4v) is 3.78. The summed E-state index contributed by atoms with van der Waals surface area (Å²) < 4.78 is 12.5. The third-order valence-electron chi connectivity index (χ3n) is 4.88. The monoisotopic (exact) mass is 426 g/mol. The molecule has 10 heteroatoms. The standard InChI is InChI=1S/C19H27FN4O4S/c1-10(2)16(23-17(26)13-9-29-12(4)22-13)19(28)24-7-5-6-14(24)18(27)21-11(3)15(25)8-20/h9-11,14,16H,5-8H2,1-4H3,(H,21,27)(H,23,26)/t11-,14-,16?/m0/s1. The molecule has 29 heavy (non-hydrogen) atoms. The van der Waals surface area contributed by atoms with E-state index in [1.54, 1.807) is 12.3 Å². The highest BCUT2D eigenvalue weighted by Gasteiger charge is 2.39. The van der Waals surface area contributed by atoms with Crippen LogP contribution in [-0.2, 0) is 14.4 Å². The van der Waals surface area contributed by atoms with Gasteiger partial charge in [0.05, 0.1) is 11.0 Å².